The van der Waals surface area contributed by atoms with Crippen LogP contribution >= 0.6 is 0 Å². The van der Waals surface area contributed by atoms with Crippen LogP contribution in [-0.2, 0) is 12.8 Å². The highest BCUT2D eigenvalue weighted by Gasteiger charge is 2.11. The van der Waals surface area contributed by atoms with E-state index in [9.17, 15) is 0 Å². The zero-order valence-electron chi connectivity index (χ0n) is 10.1. The number of hydrogen-bond donors (Lipinski definition) is 3. The largest absolute Gasteiger partial charge is 0.383 e. The molecule has 5 nitrogen and oxygen atoms in total. The summed E-state index contributed by atoms with van der Waals surface area (Å²) in [4.78, 5) is 8.16. The minimum Gasteiger partial charge on any atom is -0.383 e. The van der Waals surface area contributed by atoms with E-state index in [1.54, 1.807) is 12.4 Å². The normalized spacial score (nSPS) is 12.3. The first-order chi connectivity index (χ1) is 8.79. The smallest absolute Gasteiger partial charge is 0.126 e. The lowest BCUT2D eigenvalue weighted by Crippen LogP contribution is -2.38. The van der Waals surface area contributed by atoms with Crippen molar-refractivity contribution in [3.63, 3.8) is 0 Å². The van der Waals surface area contributed by atoms with Gasteiger partial charge in [-0.1, -0.05) is 12.1 Å². The van der Waals surface area contributed by atoms with Crippen molar-refractivity contribution in [1.29, 1.82) is 0 Å². The Morgan fingerprint density at radius 3 is 2.67 bits per heavy atom. The van der Waals surface area contributed by atoms with E-state index in [4.69, 9.17) is 11.6 Å². The predicted molar refractivity (Wildman–Crippen MR) is 71.4 cm³/mol. The maximum atomic E-state index is 5.82. The van der Waals surface area contributed by atoms with Gasteiger partial charge in [0.05, 0.1) is 0 Å². The summed E-state index contributed by atoms with van der Waals surface area (Å²) >= 11 is 0. The van der Waals surface area contributed by atoms with Gasteiger partial charge < -0.3 is 5.73 Å². The molecule has 2 rings (SSSR count). The number of aromatic nitrogens is 2. The number of hydrogen-bond acceptors (Lipinski definition) is 5. The van der Waals surface area contributed by atoms with Gasteiger partial charge in [-0.3, -0.25) is 16.3 Å². The van der Waals surface area contributed by atoms with Gasteiger partial charge in [0.25, 0.3) is 0 Å². The van der Waals surface area contributed by atoms with E-state index in [2.05, 4.69) is 15.4 Å². The van der Waals surface area contributed by atoms with Gasteiger partial charge in [0.15, 0.2) is 0 Å². The average molecular weight is 243 g/mol. The maximum absolute atomic E-state index is 5.82. The summed E-state index contributed by atoms with van der Waals surface area (Å²) in [7, 11) is 0. The van der Waals surface area contributed by atoms with Gasteiger partial charge in [-0.05, 0) is 36.1 Å². The quantitative estimate of drug-likeness (QED) is 0.530. The van der Waals surface area contributed by atoms with Crippen LogP contribution in [0.25, 0.3) is 0 Å². The number of rotatable bonds is 5. The molecule has 0 aliphatic heterocycles. The second kappa shape index (κ2) is 6.09. The van der Waals surface area contributed by atoms with Crippen LogP contribution in [0, 0.1) is 0 Å². The zero-order chi connectivity index (χ0) is 12.8. The fourth-order valence-corrected chi connectivity index (χ4v) is 1.88. The van der Waals surface area contributed by atoms with Crippen LogP contribution < -0.4 is 17.0 Å². The predicted octanol–water partition coefficient (Wildman–Crippen LogP) is 0.676. The van der Waals surface area contributed by atoms with Crippen molar-refractivity contribution in [3.05, 3.63) is 54.0 Å². The molecule has 18 heavy (non-hydrogen) atoms. The van der Waals surface area contributed by atoms with E-state index in [-0.39, 0.29) is 6.04 Å². The second-order valence-electron chi connectivity index (χ2n) is 4.18. The zero-order valence-corrected chi connectivity index (χ0v) is 10.1. The Morgan fingerprint density at radius 1 is 1.17 bits per heavy atom. The minimum atomic E-state index is 0.112. The molecule has 0 aliphatic carbocycles. The van der Waals surface area contributed by atoms with Crippen molar-refractivity contribution in [2.45, 2.75) is 18.9 Å². The van der Waals surface area contributed by atoms with E-state index in [0.717, 1.165) is 24.0 Å². The molecule has 1 atom stereocenters. The topological polar surface area (TPSA) is 89.8 Å². The molecule has 5 N–H and O–H groups in total. The molecule has 0 bridgehead atoms. The summed E-state index contributed by atoms with van der Waals surface area (Å²) in [6.45, 7) is 0. The van der Waals surface area contributed by atoms with Crippen molar-refractivity contribution < 1.29 is 0 Å². The highest BCUT2D eigenvalue weighted by molar-refractivity contribution is 5.39. The maximum Gasteiger partial charge on any atom is 0.126 e. The molecule has 0 aliphatic rings. The molecule has 0 saturated carbocycles. The third-order valence-electron chi connectivity index (χ3n) is 2.83. The van der Waals surface area contributed by atoms with Gasteiger partial charge in [-0.2, -0.15) is 0 Å². The van der Waals surface area contributed by atoms with E-state index in [1.165, 1.54) is 0 Å². The van der Waals surface area contributed by atoms with Crippen molar-refractivity contribution in [2.75, 3.05) is 5.73 Å². The molecule has 0 radical (unpaired) electrons. The van der Waals surface area contributed by atoms with Crippen LogP contribution in [-0.4, -0.2) is 16.0 Å². The lowest BCUT2D eigenvalue weighted by atomic mass is 10.0. The minimum absolute atomic E-state index is 0.112. The molecule has 2 aromatic rings. The van der Waals surface area contributed by atoms with Crippen LogP contribution in [0.5, 0.6) is 0 Å². The second-order valence-corrected chi connectivity index (χ2v) is 4.18. The van der Waals surface area contributed by atoms with E-state index in [0.29, 0.717) is 5.82 Å². The lowest BCUT2D eigenvalue weighted by molar-refractivity contribution is 0.522. The molecule has 0 saturated heterocycles. The van der Waals surface area contributed by atoms with Gasteiger partial charge in [0.1, 0.15) is 5.82 Å². The molecule has 1 unspecified atom stereocenters. The van der Waals surface area contributed by atoms with Gasteiger partial charge in [-0.25, -0.2) is 4.98 Å². The summed E-state index contributed by atoms with van der Waals surface area (Å²) in [5.74, 6) is 6.15. The monoisotopic (exact) mass is 243 g/mol. The molecule has 2 heterocycles. The molecule has 0 aromatic carbocycles. The molecule has 2 aromatic heterocycles. The Balaban J connectivity index is 2.04. The van der Waals surface area contributed by atoms with Crippen molar-refractivity contribution in [2.24, 2.45) is 5.84 Å². The molecule has 0 spiro atoms. The number of hydrazine groups is 1. The standard InChI is InChI=1S/C13H17N5/c14-13-11(4-2-6-17-13)8-12(18-15)7-10-3-1-5-16-9-10/h1-6,9,12,18H,7-8,15H2,(H2,14,17). The SMILES string of the molecule is NNC(Cc1cccnc1)Cc1cccnc1N. The number of nitrogens with one attached hydrogen (secondary N) is 1. The fourth-order valence-electron chi connectivity index (χ4n) is 1.88. The third-order valence-corrected chi connectivity index (χ3v) is 2.83. The van der Waals surface area contributed by atoms with Gasteiger partial charge >= 0.3 is 0 Å². The lowest BCUT2D eigenvalue weighted by Gasteiger charge is -2.16. The van der Waals surface area contributed by atoms with E-state index in [1.807, 2.05) is 30.5 Å². The first kappa shape index (κ1) is 12.5. The van der Waals surface area contributed by atoms with Gasteiger partial charge in [-0.15, -0.1) is 0 Å². The molecule has 94 valence electrons. The summed E-state index contributed by atoms with van der Waals surface area (Å²) in [5, 5.41) is 0. The Labute approximate surface area is 106 Å². The van der Waals surface area contributed by atoms with Gasteiger partial charge in [0, 0.05) is 24.6 Å². The Hall–Kier alpha value is -1.98. The van der Waals surface area contributed by atoms with E-state index >= 15 is 0 Å². The average Bonchev–Trinajstić information content (AvgIpc) is 2.41. The van der Waals surface area contributed by atoms with E-state index < -0.39 is 0 Å². The molecule has 0 amide bonds. The number of anilines is 1. The molecular formula is C13H17N5. The Bertz CT molecular complexity index is 486. The third kappa shape index (κ3) is 3.26. The number of nitrogens with zero attached hydrogens (tertiary/aromatic N) is 2. The van der Waals surface area contributed by atoms with Crippen molar-refractivity contribution >= 4 is 5.82 Å². The summed E-state index contributed by atoms with van der Waals surface area (Å²) in [5.41, 5.74) is 10.8. The van der Waals surface area contributed by atoms with Crippen LogP contribution in [0.3, 0.4) is 0 Å². The van der Waals surface area contributed by atoms with Crippen LogP contribution in [0.15, 0.2) is 42.9 Å². The fraction of sp³-hybridized carbons (Fsp3) is 0.231. The number of nitrogen functional groups attached to an aromatic ring is 1. The van der Waals surface area contributed by atoms with Gasteiger partial charge in [0.2, 0.25) is 0 Å². The van der Waals surface area contributed by atoms with Crippen LogP contribution in [0.1, 0.15) is 11.1 Å². The first-order valence-corrected chi connectivity index (χ1v) is 5.84. The molecular weight excluding hydrogens is 226 g/mol. The summed E-state index contributed by atoms with van der Waals surface area (Å²) < 4.78 is 0. The Morgan fingerprint density at radius 2 is 2.00 bits per heavy atom. The first-order valence-electron chi connectivity index (χ1n) is 5.84. The van der Waals surface area contributed by atoms with Crippen molar-refractivity contribution in [1.82, 2.24) is 15.4 Å². The molecule has 0 fully saturated rings. The van der Waals surface area contributed by atoms with Crippen LogP contribution in [0.4, 0.5) is 5.82 Å². The summed E-state index contributed by atoms with van der Waals surface area (Å²) in [6.07, 6.45) is 6.83. The van der Waals surface area contributed by atoms with Crippen LogP contribution in [0.2, 0.25) is 0 Å². The number of pyridine rings is 2. The highest BCUT2D eigenvalue weighted by atomic mass is 15.2. The molecule has 5 heteroatoms. The Kier molecular flexibility index (Phi) is 4.22. The van der Waals surface area contributed by atoms with Crippen molar-refractivity contribution in [3.8, 4) is 0 Å². The highest BCUT2D eigenvalue weighted by Crippen LogP contribution is 2.12. The summed E-state index contributed by atoms with van der Waals surface area (Å²) in [6, 6.07) is 7.91. The number of nitrogens with two attached hydrogens (primary N) is 2.